The van der Waals surface area contributed by atoms with Crippen molar-refractivity contribution in [2.24, 2.45) is 11.5 Å². The van der Waals surface area contributed by atoms with E-state index < -0.39 is 23.6 Å². The molecular formula is C24H26N6O4. The number of hydrazine groups is 2. The van der Waals surface area contributed by atoms with E-state index >= 15 is 0 Å². The molecule has 0 saturated carbocycles. The van der Waals surface area contributed by atoms with Crippen molar-refractivity contribution < 1.29 is 19.2 Å². The number of hydrogen-bond acceptors (Lipinski definition) is 8. The van der Waals surface area contributed by atoms with Crippen LogP contribution in [0.1, 0.15) is 67.1 Å². The molecule has 2 saturated heterocycles. The molecule has 4 heterocycles. The quantitative estimate of drug-likeness (QED) is 0.624. The van der Waals surface area contributed by atoms with E-state index in [0.29, 0.717) is 84.9 Å². The summed E-state index contributed by atoms with van der Waals surface area (Å²) in [6.45, 7) is 2.05. The Bertz CT molecular complexity index is 1090. The maximum absolute atomic E-state index is 13.5. The summed E-state index contributed by atoms with van der Waals surface area (Å²) in [5.41, 5.74) is 13.3. The highest BCUT2D eigenvalue weighted by Crippen LogP contribution is 2.39. The smallest absolute Gasteiger partial charge is 0.276 e. The van der Waals surface area contributed by atoms with Crippen molar-refractivity contribution in [3.05, 3.63) is 46.5 Å². The normalized spacial score (nSPS) is 22.9. The van der Waals surface area contributed by atoms with Crippen LogP contribution in [0.15, 0.2) is 24.3 Å². The van der Waals surface area contributed by atoms with Crippen molar-refractivity contribution in [1.82, 2.24) is 20.0 Å². The maximum Gasteiger partial charge on any atom is 0.276 e. The molecule has 0 atom stereocenters. The third-order valence-corrected chi connectivity index (χ3v) is 7.45. The average molecular weight is 463 g/mol. The second-order valence-electron chi connectivity index (χ2n) is 9.50. The Balaban J connectivity index is 1.44. The molecule has 4 aliphatic heterocycles. The van der Waals surface area contributed by atoms with E-state index in [0.717, 1.165) is 0 Å². The lowest BCUT2D eigenvalue weighted by Crippen LogP contribution is -2.56. The summed E-state index contributed by atoms with van der Waals surface area (Å²) in [4.78, 5) is 53.8. The highest BCUT2D eigenvalue weighted by Gasteiger charge is 2.43. The number of amides is 4. The van der Waals surface area contributed by atoms with Crippen LogP contribution in [0.2, 0.25) is 0 Å². The first-order valence-corrected chi connectivity index (χ1v) is 11.7. The standard InChI is InChI=1S/C24H26N6O4/c25-13-5-9-27(10-6-13)29-21(31)15-1-2-16-20-18(4-3-17(19(15)20)23(29)33)24(34)30(22(16)32)28-11-7-14(26)8-12-28/h1-4,13-14H,5-12,25-26H2. The fraction of sp³-hybridized carbons (Fsp3) is 0.417. The number of rotatable bonds is 2. The van der Waals surface area contributed by atoms with Gasteiger partial charge < -0.3 is 11.5 Å². The first kappa shape index (κ1) is 21.4. The molecule has 4 amide bonds. The van der Waals surface area contributed by atoms with Crippen molar-refractivity contribution in [2.45, 2.75) is 37.8 Å². The van der Waals surface area contributed by atoms with Gasteiger partial charge >= 0.3 is 0 Å². The third kappa shape index (κ3) is 2.96. The number of carbonyl (C=O) groups excluding carboxylic acids is 4. The maximum atomic E-state index is 13.5. The highest BCUT2D eigenvalue weighted by molar-refractivity contribution is 6.33. The molecule has 0 unspecified atom stereocenters. The molecule has 34 heavy (non-hydrogen) atoms. The van der Waals surface area contributed by atoms with Gasteiger partial charge in [0.2, 0.25) is 0 Å². The minimum Gasteiger partial charge on any atom is -0.328 e. The van der Waals surface area contributed by atoms with Gasteiger partial charge in [-0.3, -0.25) is 19.2 Å². The SMILES string of the molecule is NC1CCN(N2C(=O)c3ccc4c5c(ccc(c35)C2=O)C(=O)N(N2CCC(N)CC2)C4=O)CC1. The van der Waals surface area contributed by atoms with E-state index in [-0.39, 0.29) is 12.1 Å². The number of piperidine rings is 2. The fourth-order valence-electron chi connectivity index (χ4n) is 5.53. The first-order valence-electron chi connectivity index (χ1n) is 11.7. The zero-order valence-corrected chi connectivity index (χ0v) is 18.7. The van der Waals surface area contributed by atoms with Gasteiger partial charge in [-0.2, -0.15) is 0 Å². The number of benzene rings is 2. The molecule has 0 bridgehead atoms. The zero-order valence-electron chi connectivity index (χ0n) is 18.7. The number of nitrogens with two attached hydrogens (primary N) is 2. The van der Waals surface area contributed by atoms with Crippen LogP contribution >= 0.6 is 0 Å². The van der Waals surface area contributed by atoms with Crippen molar-refractivity contribution in [3.63, 3.8) is 0 Å². The van der Waals surface area contributed by atoms with Crippen molar-refractivity contribution in [2.75, 3.05) is 26.2 Å². The molecule has 2 aromatic carbocycles. The first-order chi connectivity index (χ1) is 16.4. The molecule has 6 rings (SSSR count). The van der Waals surface area contributed by atoms with Gasteiger partial charge in [-0.1, -0.05) is 0 Å². The Kier molecular flexibility index (Phi) is 4.82. The Morgan fingerprint density at radius 1 is 0.529 bits per heavy atom. The summed E-state index contributed by atoms with van der Waals surface area (Å²) >= 11 is 0. The third-order valence-electron chi connectivity index (χ3n) is 7.45. The summed E-state index contributed by atoms with van der Waals surface area (Å²) in [5, 5.41) is 6.65. The van der Waals surface area contributed by atoms with Gasteiger partial charge in [0, 0.05) is 49.0 Å². The number of nitrogens with zero attached hydrogens (tertiary/aromatic N) is 4. The largest absolute Gasteiger partial charge is 0.328 e. The van der Waals surface area contributed by atoms with Crippen LogP contribution in [0.25, 0.3) is 10.8 Å². The van der Waals surface area contributed by atoms with E-state index in [1.165, 1.54) is 10.0 Å². The van der Waals surface area contributed by atoms with Crippen LogP contribution in [0.4, 0.5) is 0 Å². The molecular weight excluding hydrogens is 436 g/mol. The lowest BCUT2D eigenvalue weighted by Gasteiger charge is -2.41. The predicted octanol–water partition coefficient (Wildman–Crippen LogP) is 0.708. The summed E-state index contributed by atoms with van der Waals surface area (Å²) in [6, 6.07) is 6.50. The van der Waals surface area contributed by atoms with Gasteiger partial charge in [0.05, 0.1) is 22.3 Å². The van der Waals surface area contributed by atoms with E-state index in [2.05, 4.69) is 0 Å². The Labute approximate surface area is 196 Å². The fourth-order valence-corrected chi connectivity index (χ4v) is 5.53. The molecule has 10 heteroatoms. The van der Waals surface area contributed by atoms with Gasteiger partial charge in [-0.25, -0.2) is 20.0 Å². The van der Waals surface area contributed by atoms with Gasteiger partial charge in [-0.15, -0.1) is 0 Å². The van der Waals surface area contributed by atoms with E-state index in [4.69, 9.17) is 11.5 Å². The molecule has 0 spiro atoms. The average Bonchev–Trinajstić information content (AvgIpc) is 2.83. The molecule has 0 aliphatic carbocycles. The molecule has 4 aliphatic rings. The molecule has 4 N–H and O–H groups in total. The number of imide groups is 2. The predicted molar refractivity (Wildman–Crippen MR) is 123 cm³/mol. The molecule has 2 fully saturated rings. The summed E-state index contributed by atoms with van der Waals surface area (Å²) in [7, 11) is 0. The Morgan fingerprint density at radius 3 is 1.06 bits per heavy atom. The van der Waals surface area contributed by atoms with E-state index in [9.17, 15) is 19.2 Å². The lowest BCUT2D eigenvalue weighted by atomic mass is 9.86. The Hall–Kier alpha value is -3.18. The second kappa shape index (κ2) is 7.67. The minimum absolute atomic E-state index is 0.0561. The monoisotopic (exact) mass is 462 g/mol. The van der Waals surface area contributed by atoms with Crippen LogP contribution < -0.4 is 11.5 Å². The highest BCUT2D eigenvalue weighted by atomic mass is 16.2. The summed E-state index contributed by atoms with van der Waals surface area (Å²) in [5.74, 6) is -1.76. The molecule has 0 radical (unpaired) electrons. The lowest BCUT2D eigenvalue weighted by molar-refractivity contribution is -0.0150. The summed E-state index contributed by atoms with van der Waals surface area (Å²) in [6.07, 6.45) is 2.77. The van der Waals surface area contributed by atoms with Gasteiger partial charge in [0.25, 0.3) is 23.6 Å². The number of carbonyl (C=O) groups is 4. The van der Waals surface area contributed by atoms with Crippen LogP contribution in [0, 0.1) is 0 Å². The molecule has 10 nitrogen and oxygen atoms in total. The Morgan fingerprint density at radius 2 is 0.794 bits per heavy atom. The van der Waals surface area contributed by atoms with Crippen molar-refractivity contribution in [1.29, 1.82) is 0 Å². The minimum atomic E-state index is -0.441. The molecule has 2 aromatic rings. The number of hydrogen-bond donors (Lipinski definition) is 2. The zero-order chi connectivity index (χ0) is 23.7. The summed E-state index contributed by atoms with van der Waals surface area (Å²) < 4.78 is 0. The van der Waals surface area contributed by atoms with Crippen molar-refractivity contribution in [3.8, 4) is 0 Å². The van der Waals surface area contributed by atoms with Gasteiger partial charge in [0.1, 0.15) is 0 Å². The van der Waals surface area contributed by atoms with Crippen LogP contribution in [-0.4, -0.2) is 81.9 Å². The van der Waals surface area contributed by atoms with Crippen LogP contribution in [0.3, 0.4) is 0 Å². The van der Waals surface area contributed by atoms with Crippen LogP contribution in [0.5, 0.6) is 0 Å². The molecule has 176 valence electrons. The van der Waals surface area contributed by atoms with E-state index in [1.54, 1.807) is 34.3 Å². The van der Waals surface area contributed by atoms with E-state index in [1.807, 2.05) is 0 Å². The van der Waals surface area contributed by atoms with Crippen LogP contribution in [-0.2, 0) is 0 Å². The van der Waals surface area contributed by atoms with Gasteiger partial charge in [0.15, 0.2) is 0 Å². The second-order valence-corrected chi connectivity index (χ2v) is 9.50. The van der Waals surface area contributed by atoms with Gasteiger partial charge in [-0.05, 0) is 49.9 Å². The van der Waals surface area contributed by atoms with Crippen molar-refractivity contribution >= 4 is 34.4 Å². The molecule has 0 aromatic heterocycles. The topological polar surface area (TPSA) is 133 Å².